The summed E-state index contributed by atoms with van der Waals surface area (Å²) < 4.78 is 4.90. The molecule has 25 heavy (non-hydrogen) atoms. The molecule has 0 atom stereocenters. The van der Waals surface area contributed by atoms with Crippen molar-refractivity contribution in [2.45, 2.75) is 19.9 Å². The Morgan fingerprint density at radius 3 is 2.92 bits per heavy atom. The van der Waals surface area contributed by atoms with Crippen molar-refractivity contribution >= 4 is 22.6 Å². The van der Waals surface area contributed by atoms with Gasteiger partial charge in [0.15, 0.2) is 5.82 Å². The Kier molecular flexibility index (Phi) is 4.90. The molecule has 1 aromatic carbocycles. The Balaban J connectivity index is 1.56. The smallest absolute Gasteiger partial charge is 0.258 e. The van der Waals surface area contributed by atoms with E-state index in [9.17, 15) is 9.59 Å². The molecule has 3 rings (SSSR count). The molecule has 2 N–H and O–H groups in total. The van der Waals surface area contributed by atoms with Gasteiger partial charge in [-0.05, 0) is 26.1 Å². The number of anilines is 1. The third-order valence-electron chi connectivity index (χ3n) is 3.70. The number of aryl methyl sites for hydroxylation is 1. The van der Waals surface area contributed by atoms with Gasteiger partial charge in [-0.3, -0.25) is 14.5 Å². The molecule has 0 radical (unpaired) electrons. The highest BCUT2D eigenvalue weighted by molar-refractivity contribution is 5.89. The van der Waals surface area contributed by atoms with Crippen molar-refractivity contribution in [3.63, 3.8) is 0 Å². The lowest BCUT2D eigenvalue weighted by atomic mass is 10.2. The van der Waals surface area contributed by atoms with E-state index in [1.54, 1.807) is 31.2 Å². The van der Waals surface area contributed by atoms with Crippen LogP contribution in [-0.2, 0) is 11.3 Å². The quantitative estimate of drug-likeness (QED) is 0.707. The first-order valence-corrected chi connectivity index (χ1v) is 7.91. The van der Waals surface area contributed by atoms with Crippen LogP contribution in [0.15, 0.2) is 39.6 Å². The van der Waals surface area contributed by atoms with Gasteiger partial charge in [0.25, 0.3) is 5.56 Å². The van der Waals surface area contributed by atoms with Crippen LogP contribution in [0.25, 0.3) is 10.9 Å². The van der Waals surface area contributed by atoms with Crippen molar-refractivity contribution in [3.05, 3.63) is 52.3 Å². The minimum Gasteiger partial charge on any atom is -0.360 e. The first kappa shape index (κ1) is 16.8. The Labute approximate surface area is 143 Å². The predicted molar refractivity (Wildman–Crippen MR) is 93.2 cm³/mol. The molecule has 0 aliphatic heterocycles. The fourth-order valence-corrected chi connectivity index (χ4v) is 2.47. The molecule has 0 saturated carbocycles. The highest BCUT2D eigenvalue weighted by Gasteiger charge is 2.10. The van der Waals surface area contributed by atoms with Crippen molar-refractivity contribution in [1.82, 2.24) is 20.0 Å². The zero-order chi connectivity index (χ0) is 17.8. The summed E-state index contributed by atoms with van der Waals surface area (Å²) >= 11 is 0. The van der Waals surface area contributed by atoms with Crippen LogP contribution in [0.3, 0.4) is 0 Å². The summed E-state index contributed by atoms with van der Waals surface area (Å²) in [4.78, 5) is 33.1. The number of fused-ring (bicyclic) bond motifs is 1. The first-order valence-electron chi connectivity index (χ1n) is 7.91. The van der Waals surface area contributed by atoms with Crippen LogP contribution in [0.5, 0.6) is 0 Å². The molecule has 3 aromatic rings. The lowest BCUT2D eigenvalue weighted by molar-refractivity contribution is -0.116. The second-order valence-electron chi connectivity index (χ2n) is 5.89. The number of aromatic nitrogens is 3. The number of amides is 1. The van der Waals surface area contributed by atoms with E-state index in [4.69, 9.17) is 4.52 Å². The monoisotopic (exact) mass is 341 g/mol. The summed E-state index contributed by atoms with van der Waals surface area (Å²) in [6, 6.07) is 8.86. The van der Waals surface area contributed by atoms with Crippen LogP contribution in [0.1, 0.15) is 18.0 Å². The lowest BCUT2D eigenvalue weighted by Crippen LogP contribution is -2.26. The molecule has 0 aliphatic rings. The van der Waals surface area contributed by atoms with Crippen molar-refractivity contribution in [1.29, 1.82) is 0 Å². The van der Waals surface area contributed by atoms with E-state index in [0.29, 0.717) is 47.8 Å². The number of rotatable bonds is 6. The van der Waals surface area contributed by atoms with Crippen LogP contribution in [-0.4, -0.2) is 39.5 Å². The molecule has 0 saturated heterocycles. The third kappa shape index (κ3) is 4.30. The maximum absolute atomic E-state index is 12.1. The minimum absolute atomic E-state index is 0.153. The van der Waals surface area contributed by atoms with Crippen molar-refractivity contribution < 1.29 is 9.32 Å². The van der Waals surface area contributed by atoms with Gasteiger partial charge < -0.3 is 14.8 Å². The summed E-state index contributed by atoms with van der Waals surface area (Å²) in [6.45, 7) is 2.71. The van der Waals surface area contributed by atoms with Crippen LogP contribution < -0.4 is 10.9 Å². The van der Waals surface area contributed by atoms with Gasteiger partial charge in [0, 0.05) is 19.0 Å². The van der Waals surface area contributed by atoms with E-state index in [0.717, 1.165) is 0 Å². The average Bonchev–Trinajstić information content (AvgIpc) is 2.98. The van der Waals surface area contributed by atoms with Crippen LogP contribution in [0, 0.1) is 6.92 Å². The molecule has 0 spiro atoms. The lowest BCUT2D eigenvalue weighted by Gasteiger charge is -2.15. The van der Waals surface area contributed by atoms with Crippen LogP contribution in [0.2, 0.25) is 0 Å². The molecule has 0 aliphatic carbocycles. The highest BCUT2D eigenvalue weighted by Crippen LogP contribution is 2.08. The van der Waals surface area contributed by atoms with E-state index in [1.807, 2.05) is 18.0 Å². The number of hydrogen-bond donors (Lipinski definition) is 2. The Morgan fingerprint density at radius 1 is 1.36 bits per heavy atom. The Hall–Kier alpha value is -3.00. The average molecular weight is 341 g/mol. The van der Waals surface area contributed by atoms with Gasteiger partial charge in [-0.2, -0.15) is 0 Å². The fourth-order valence-electron chi connectivity index (χ4n) is 2.47. The molecule has 0 unspecified atom stereocenters. The van der Waals surface area contributed by atoms with Crippen LogP contribution in [0.4, 0.5) is 5.82 Å². The van der Waals surface area contributed by atoms with Crippen LogP contribution >= 0.6 is 0 Å². The predicted octanol–water partition coefficient (Wildman–Crippen LogP) is 1.68. The third-order valence-corrected chi connectivity index (χ3v) is 3.70. The molecule has 0 fully saturated rings. The van der Waals surface area contributed by atoms with Gasteiger partial charge in [-0.25, -0.2) is 4.98 Å². The van der Waals surface area contributed by atoms with E-state index < -0.39 is 0 Å². The highest BCUT2D eigenvalue weighted by atomic mass is 16.5. The summed E-state index contributed by atoms with van der Waals surface area (Å²) in [5.74, 6) is 1.46. The molecule has 130 valence electrons. The van der Waals surface area contributed by atoms with Crippen molar-refractivity contribution in [2.24, 2.45) is 0 Å². The number of carbonyl (C=O) groups is 1. The maximum atomic E-state index is 12.1. The molecule has 0 bridgehead atoms. The molecule has 1 amide bonds. The number of carbonyl (C=O) groups excluding carboxylic acids is 1. The summed E-state index contributed by atoms with van der Waals surface area (Å²) in [5, 5.41) is 6.96. The van der Waals surface area contributed by atoms with Gasteiger partial charge in [0.05, 0.1) is 17.4 Å². The van der Waals surface area contributed by atoms with Gasteiger partial charge in [-0.15, -0.1) is 0 Å². The van der Waals surface area contributed by atoms with E-state index in [1.165, 1.54) is 0 Å². The molecule has 8 nitrogen and oxygen atoms in total. The van der Waals surface area contributed by atoms with Gasteiger partial charge in [-0.1, -0.05) is 17.3 Å². The SMILES string of the molecule is Cc1cc(NC(=O)CCN(C)Cc2nc3ccccc3c(=O)[nH]2)no1. The Bertz CT molecular complexity index is 947. The number of para-hydroxylation sites is 1. The number of aromatic amines is 1. The first-order chi connectivity index (χ1) is 12.0. The largest absolute Gasteiger partial charge is 0.360 e. The fraction of sp³-hybridized carbons (Fsp3) is 0.294. The van der Waals surface area contributed by atoms with E-state index >= 15 is 0 Å². The number of benzene rings is 1. The number of hydrogen-bond acceptors (Lipinski definition) is 6. The topological polar surface area (TPSA) is 104 Å². The van der Waals surface area contributed by atoms with E-state index in [2.05, 4.69) is 20.4 Å². The van der Waals surface area contributed by atoms with Gasteiger partial charge in [0.2, 0.25) is 5.91 Å². The number of nitrogens with one attached hydrogen (secondary N) is 2. The second-order valence-corrected chi connectivity index (χ2v) is 5.89. The molecule has 2 heterocycles. The molecule has 2 aromatic heterocycles. The standard InChI is InChI=1S/C17H19N5O3/c1-11-9-14(21-25-11)19-16(23)7-8-22(2)10-15-18-13-6-4-3-5-12(13)17(24)20-15/h3-6,9H,7-8,10H2,1-2H3,(H,18,20,24)(H,19,21,23). The summed E-state index contributed by atoms with van der Waals surface area (Å²) in [6.07, 6.45) is 0.292. The summed E-state index contributed by atoms with van der Waals surface area (Å²) in [7, 11) is 1.86. The van der Waals surface area contributed by atoms with E-state index in [-0.39, 0.29) is 11.5 Å². The molecular weight excluding hydrogens is 322 g/mol. The van der Waals surface area contributed by atoms with Crippen molar-refractivity contribution in [3.8, 4) is 0 Å². The zero-order valence-electron chi connectivity index (χ0n) is 14.1. The summed E-state index contributed by atoms with van der Waals surface area (Å²) in [5.41, 5.74) is 0.502. The van der Waals surface area contributed by atoms with Gasteiger partial charge in [0.1, 0.15) is 11.6 Å². The normalized spacial score (nSPS) is 11.2. The van der Waals surface area contributed by atoms with Gasteiger partial charge >= 0.3 is 0 Å². The number of H-pyrrole nitrogens is 1. The zero-order valence-corrected chi connectivity index (χ0v) is 14.1. The molecular formula is C17H19N5O3. The Morgan fingerprint density at radius 2 is 2.16 bits per heavy atom. The molecule has 8 heteroatoms. The maximum Gasteiger partial charge on any atom is 0.258 e. The van der Waals surface area contributed by atoms with Crippen molar-refractivity contribution in [2.75, 3.05) is 18.9 Å². The minimum atomic E-state index is -0.159. The second kappa shape index (κ2) is 7.27. The number of nitrogens with zero attached hydrogens (tertiary/aromatic N) is 3.